The summed E-state index contributed by atoms with van der Waals surface area (Å²) in [7, 11) is 1.54. The molecule has 1 atom stereocenters. The summed E-state index contributed by atoms with van der Waals surface area (Å²) in [5.41, 5.74) is 2.67. The van der Waals surface area contributed by atoms with Gasteiger partial charge in [0, 0.05) is 12.7 Å². The molecule has 26 heavy (non-hydrogen) atoms. The molecule has 132 valence electrons. The second kappa shape index (κ2) is 7.65. The molecule has 6 heteroatoms. The number of para-hydroxylation sites is 1. The summed E-state index contributed by atoms with van der Waals surface area (Å²) in [5, 5.41) is 9.73. The van der Waals surface area contributed by atoms with Crippen LogP contribution < -0.4 is 10.6 Å². The lowest BCUT2D eigenvalue weighted by Gasteiger charge is -2.17. The van der Waals surface area contributed by atoms with Gasteiger partial charge in [-0.05, 0) is 30.7 Å². The van der Waals surface area contributed by atoms with E-state index in [1.165, 1.54) is 0 Å². The average Bonchev–Trinajstić information content (AvgIpc) is 3.08. The van der Waals surface area contributed by atoms with Gasteiger partial charge in [0.25, 0.3) is 5.91 Å². The third kappa shape index (κ3) is 3.64. The minimum atomic E-state index is -0.782. The molecular formula is C20H20N4O2. The number of likely N-dealkylation sites (N-methyl/N-ethyl adjacent to an activating group) is 1. The maximum Gasteiger partial charge on any atom is 0.272 e. The molecule has 0 fully saturated rings. The van der Waals surface area contributed by atoms with Crippen LogP contribution in [-0.4, -0.2) is 28.6 Å². The maximum absolute atomic E-state index is 12.7. The Hall–Kier alpha value is -3.41. The van der Waals surface area contributed by atoms with Crippen LogP contribution >= 0.6 is 0 Å². The Morgan fingerprint density at radius 3 is 2.23 bits per heavy atom. The molecule has 0 saturated heterocycles. The van der Waals surface area contributed by atoms with Gasteiger partial charge in [-0.1, -0.05) is 48.5 Å². The standard InChI is InChI=1S/C20H20N4O2/c1-14-13-17(23-24(14)16-11-7-4-8-12-16)19(25)22-18(20(26)21-2)15-9-5-3-6-10-15/h3-13,18H,1-2H3,(H,21,26)(H,22,25). The zero-order chi connectivity index (χ0) is 18.5. The van der Waals surface area contributed by atoms with Gasteiger partial charge in [0.2, 0.25) is 5.91 Å². The van der Waals surface area contributed by atoms with E-state index >= 15 is 0 Å². The number of nitrogens with one attached hydrogen (secondary N) is 2. The molecule has 3 rings (SSSR count). The number of carbonyl (C=O) groups is 2. The van der Waals surface area contributed by atoms with Crippen LogP contribution in [0.25, 0.3) is 5.69 Å². The topological polar surface area (TPSA) is 76.0 Å². The summed E-state index contributed by atoms with van der Waals surface area (Å²) in [6.45, 7) is 1.88. The van der Waals surface area contributed by atoms with E-state index in [9.17, 15) is 9.59 Å². The quantitative estimate of drug-likeness (QED) is 0.743. The van der Waals surface area contributed by atoms with Crippen LogP contribution in [0.3, 0.4) is 0 Å². The molecule has 2 N–H and O–H groups in total. The minimum Gasteiger partial charge on any atom is -0.357 e. The van der Waals surface area contributed by atoms with Gasteiger partial charge in [0.05, 0.1) is 5.69 Å². The monoisotopic (exact) mass is 348 g/mol. The van der Waals surface area contributed by atoms with Crippen molar-refractivity contribution in [3.05, 3.63) is 83.7 Å². The number of hydrogen-bond donors (Lipinski definition) is 2. The highest BCUT2D eigenvalue weighted by Gasteiger charge is 2.23. The van der Waals surface area contributed by atoms with Crippen molar-refractivity contribution in [3.8, 4) is 5.69 Å². The fourth-order valence-electron chi connectivity index (χ4n) is 2.71. The number of hydrogen-bond acceptors (Lipinski definition) is 3. The van der Waals surface area contributed by atoms with E-state index in [2.05, 4.69) is 15.7 Å². The summed E-state index contributed by atoms with van der Waals surface area (Å²) < 4.78 is 1.70. The van der Waals surface area contributed by atoms with Crippen molar-refractivity contribution in [3.63, 3.8) is 0 Å². The van der Waals surface area contributed by atoms with Gasteiger partial charge >= 0.3 is 0 Å². The highest BCUT2D eigenvalue weighted by molar-refractivity contribution is 5.96. The van der Waals surface area contributed by atoms with Crippen LogP contribution in [-0.2, 0) is 4.79 Å². The molecule has 1 unspecified atom stereocenters. The zero-order valence-corrected chi connectivity index (χ0v) is 14.6. The smallest absolute Gasteiger partial charge is 0.272 e. The lowest BCUT2D eigenvalue weighted by molar-refractivity contribution is -0.122. The van der Waals surface area contributed by atoms with E-state index in [4.69, 9.17) is 0 Å². The zero-order valence-electron chi connectivity index (χ0n) is 14.6. The van der Waals surface area contributed by atoms with Gasteiger partial charge in [-0.3, -0.25) is 9.59 Å². The summed E-state index contributed by atoms with van der Waals surface area (Å²) in [6.07, 6.45) is 0. The van der Waals surface area contributed by atoms with E-state index in [-0.39, 0.29) is 11.6 Å². The number of nitrogens with zero attached hydrogens (tertiary/aromatic N) is 2. The second-order valence-electron chi connectivity index (χ2n) is 5.85. The summed E-state index contributed by atoms with van der Waals surface area (Å²) in [6, 6.07) is 19.6. The van der Waals surface area contributed by atoms with Crippen LogP contribution in [0.1, 0.15) is 27.8 Å². The van der Waals surface area contributed by atoms with Gasteiger partial charge in [-0.2, -0.15) is 5.10 Å². The fraction of sp³-hybridized carbons (Fsp3) is 0.150. The van der Waals surface area contributed by atoms with E-state index < -0.39 is 11.9 Å². The molecule has 1 heterocycles. The highest BCUT2D eigenvalue weighted by atomic mass is 16.2. The maximum atomic E-state index is 12.7. The number of carbonyl (C=O) groups excluding carboxylic acids is 2. The first kappa shape index (κ1) is 17.4. The molecule has 0 saturated carbocycles. The van der Waals surface area contributed by atoms with Crippen molar-refractivity contribution in [2.24, 2.45) is 0 Å². The molecule has 0 aliphatic rings. The molecule has 0 spiro atoms. The van der Waals surface area contributed by atoms with Crippen LogP contribution in [0.5, 0.6) is 0 Å². The number of rotatable bonds is 5. The van der Waals surface area contributed by atoms with Crippen molar-refractivity contribution >= 4 is 11.8 Å². The van der Waals surface area contributed by atoms with Crippen molar-refractivity contribution in [2.45, 2.75) is 13.0 Å². The SMILES string of the molecule is CNC(=O)C(NC(=O)c1cc(C)n(-c2ccccc2)n1)c1ccccc1. The van der Waals surface area contributed by atoms with Crippen molar-refractivity contribution in [1.82, 2.24) is 20.4 Å². The van der Waals surface area contributed by atoms with Crippen molar-refractivity contribution in [2.75, 3.05) is 7.05 Å². The van der Waals surface area contributed by atoms with Crippen molar-refractivity contribution in [1.29, 1.82) is 0 Å². The van der Waals surface area contributed by atoms with Crippen LogP contribution in [0, 0.1) is 6.92 Å². The molecule has 2 amide bonds. The number of amides is 2. The van der Waals surface area contributed by atoms with Gasteiger partial charge in [-0.15, -0.1) is 0 Å². The van der Waals surface area contributed by atoms with E-state index in [0.717, 1.165) is 11.4 Å². The van der Waals surface area contributed by atoms with Gasteiger partial charge in [0.15, 0.2) is 5.69 Å². The summed E-state index contributed by atoms with van der Waals surface area (Å²) in [5.74, 6) is -0.691. The van der Waals surface area contributed by atoms with Crippen LogP contribution in [0.15, 0.2) is 66.7 Å². The van der Waals surface area contributed by atoms with Gasteiger partial charge < -0.3 is 10.6 Å². The molecule has 0 radical (unpaired) electrons. The van der Waals surface area contributed by atoms with Gasteiger partial charge in [0.1, 0.15) is 6.04 Å². The highest BCUT2D eigenvalue weighted by Crippen LogP contribution is 2.15. The first-order valence-electron chi connectivity index (χ1n) is 8.29. The van der Waals surface area contributed by atoms with Crippen LogP contribution in [0.4, 0.5) is 0 Å². The minimum absolute atomic E-state index is 0.260. The number of aromatic nitrogens is 2. The van der Waals surface area contributed by atoms with E-state index in [1.807, 2.05) is 55.5 Å². The predicted octanol–water partition coefficient (Wildman–Crippen LogP) is 2.40. The number of benzene rings is 2. The average molecular weight is 348 g/mol. The van der Waals surface area contributed by atoms with Crippen LogP contribution in [0.2, 0.25) is 0 Å². The molecule has 6 nitrogen and oxygen atoms in total. The molecule has 1 aromatic heterocycles. The third-order valence-electron chi connectivity index (χ3n) is 4.04. The second-order valence-corrected chi connectivity index (χ2v) is 5.85. The Morgan fingerprint density at radius 2 is 1.62 bits per heavy atom. The first-order valence-corrected chi connectivity index (χ1v) is 8.29. The third-order valence-corrected chi connectivity index (χ3v) is 4.04. The largest absolute Gasteiger partial charge is 0.357 e. The first-order chi connectivity index (χ1) is 12.6. The van der Waals surface area contributed by atoms with Crippen molar-refractivity contribution < 1.29 is 9.59 Å². The summed E-state index contributed by atoms with van der Waals surface area (Å²) >= 11 is 0. The molecule has 0 aliphatic carbocycles. The van der Waals surface area contributed by atoms with E-state index in [0.29, 0.717) is 5.56 Å². The molecule has 0 aliphatic heterocycles. The Labute approximate surface area is 151 Å². The molecule has 3 aromatic rings. The Kier molecular flexibility index (Phi) is 5.12. The summed E-state index contributed by atoms with van der Waals surface area (Å²) in [4.78, 5) is 24.9. The van der Waals surface area contributed by atoms with Gasteiger partial charge in [-0.25, -0.2) is 4.68 Å². The normalized spacial score (nSPS) is 11.6. The molecule has 2 aromatic carbocycles. The molecular weight excluding hydrogens is 328 g/mol. The lowest BCUT2D eigenvalue weighted by Crippen LogP contribution is -2.39. The predicted molar refractivity (Wildman–Crippen MR) is 99.0 cm³/mol. The lowest BCUT2D eigenvalue weighted by atomic mass is 10.1. The fourth-order valence-corrected chi connectivity index (χ4v) is 2.71. The van der Waals surface area contributed by atoms with E-state index in [1.54, 1.807) is 29.9 Å². The Bertz CT molecular complexity index is 904. The molecule has 0 bridgehead atoms. The number of aryl methyl sites for hydroxylation is 1. The Morgan fingerprint density at radius 1 is 1.00 bits per heavy atom. The Balaban J connectivity index is 1.86.